The first kappa shape index (κ1) is 11.9. The first-order valence-corrected chi connectivity index (χ1v) is 4.80. The summed E-state index contributed by atoms with van der Waals surface area (Å²) in [7, 11) is 1.31. The van der Waals surface area contributed by atoms with Gasteiger partial charge >= 0.3 is 0 Å². The Labute approximate surface area is 94.0 Å². The highest BCUT2D eigenvalue weighted by atomic mass is 79.9. The Balaban J connectivity index is 3.45. The van der Waals surface area contributed by atoms with Gasteiger partial charge in [-0.2, -0.15) is 0 Å². The van der Waals surface area contributed by atoms with Crippen LogP contribution in [0.2, 0.25) is 0 Å². The molecular formula is C9H9BrFNO3. The zero-order chi connectivity index (χ0) is 11.6. The maximum atomic E-state index is 13.1. The summed E-state index contributed by atoms with van der Waals surface area (Å²) in [5.41, 5.74) is 5.16. The van der Waals surface area contributed by atoms with E-state index in [0.717, 1.165) is 6.07 Å². The molecular weight excluding hydrogens is 269 g/mol. The summed E-state index contributed by atoms with van der Waals surface area (Å²) in [6.07, 6.45) is 0. The first-order chi connectivity index (χ1) is 7.02. The molecule has 0 aliphatic rings. The fourth-order valence-corrected chi connectivity index (χ4v) is 1.67. The predicted molar refractivity (Wildman–Crippen MR) is 55.7 cm³/mol. The SMILES string of the molecule is COc1c(C(=O)CN)cc(F)c(O)c1Br. The number of aromatic hydroxyl groups is 1. The number of Topliss-reactive ketones (excluding diaryl/α,β-unsaturated/α-hetero) is 1. The molecule has 1 aromatic carbocycles. The van der Waals surface area contributed by atoms with E-state index in [1.54, 1.807) is 0 Å². The van der Waals surface area contributed by atoms with E-state index in [0.29, 0.717) is 0 Å². The molecule has 0 amide bonds. The summed E-state index contributed by atoms with van der Waals surface area (Å²) >= 11 is 2.93. The Morgan fingerprint density at radius 1 is 1.73 bits per heavy atom. The van der Waals surface area contributed by atoms with E-state index in [2.05, 4.69) is 15.9 Å². The number of phenols is 1. The van der Waals surface area contributed by atoms with E-state index >= 15 is 0 Å². The Morgan fingerprint density at radius 2 is 2.33 bits per heavy atom. The average Bonchev–Trinajstić information content (AvgIpc) is 2.24. The van der Waals surface area contributed by atoms with Gasteiger partial charge in [-0.3, -0.25) is 4.79 Å². The second kappa shape index (κ2) is 4.59. The quantitative estimate of drug-likeness (QED) is 0.821. The number of hydrogen-bond donors (Lipinski definition) is 2. The molecule has 4 nitrogen and oxygen atoms in total. The predicted octanol–water partition coefficient (Wildman–Crippen LogP) is 1.44. The van der Waals surface area contributed by atoms with E-state index in [4.69, 9.17) is 10.5 Å². The zero-order valence-electron chi connectivity index (χ0n) is 7.88. The zero-order valence-corrected chi connectivity index (χ0v) is 9.47. The number of carbonyl (C=O) groups is 1. The van der Waals surface area contributed by atoms with Crippen molar-refractivity contribution >= 4 is 21.7 Å². The highest BCUT2D eigenvalue weighted by Gasteiger charge is 2.20. The van der Waals surface area contributed by atoms with Crippen molar-refractivity contribution < 1.29 is 19.0 Å². The van der Waals surface area contributed by atoms with E-state index in [-0.39, 0.29) is 22.3 Å². The van der Waals surface area contributed by atoms with Crippen LogP contribution in [0, 0.1) is 5.82 Å². The lowest BCUT2D eigenvalue weighted by molar-refractivity contribution is 0.0998. The van der Waals surface area contributed by atoms with Crippen molar-refractivity contribution in [3.05, 3.63) is 21.9 Å². The van der Waals surface area contributed by atoms with Crippen LogP contribution in [0.4, 0.5) is 4.39 Å². The minimum Gasteiger partial charge on any atom is -0.504 e. The van der Waals surface area contributed by atoms with Gasteiger partial charge in [0.25, 0.3) is 0 Å². The lowest BCUT2D eigenvalue weighted by Gasteiger charge is -2.10. The number of carbonyl (C=O) groups excluding carboxylic acids is 1. The van der Waals surface area contributed by atoms with Crippen LogP contribution in [0.15, 0.2) is 10.5 Å². The molecule has 0 radical (unpaired) electrons. The van der Waals surface area contributed by atoms with Crippen LogP contribution in [0.1, 0.15) is 10.4 Å². The molecule has 0 bridgehead atoms. The average molecular weight is 278 g/mol. The molecule has 0 saturated carbocycles. The molecule has 0 unspecified atom stereocenters. The third-order valence-electron chi connectivity index (χ3n) is 1.84. The molecule has 0 aromatic heterocycles. The molecule has 0 aliphatic heterocycles. The number of nitrogens with two attached hydrogens (primary N) is 1. The minimum absolute atomic E-state index is 0.00167. The van der Waals surface area contributed by atoms with Crippen LogP contribution in [0.3, 0.4) is 0 Å². The summed E-state index contributed by atoms with van der Waals surface area (Å²) in [4.78, 5) is 11.3. The fraction of sp³-hybridized carbons (Fsp3) is 0.222. The third kappa shape index (κ3) is 2.10. The summed E-state index contributed by atoms with van der Waals surface area (Å²) in [6, 6.07) is 0.897. The summed E-state index contributed by atoms with van der Waals surface area (Å²) in [5, 5.41) is 9.25. The molecule has 0 atom stereocenters. The normalized spacial score (nSPS) is 10.1. The molecule has 1 rings (SSSR count). The van der Waals surface area contributed by atoms with Crippen molar-refractivity contribution in [2.75, 3.05) is 13.7 Å². The first-order valence-electron chi connectivity index (χ1n) is 4.01. The highest BCUT2D eigenvalue weighted by Crippen LogP contribution is 2.38. The van der Waals surface area contributed by atoms with Gasteiger partial charge in [0.2, 0.25) is 0 Å². The number of ketones is 1. The van der Waals surface area contributed by atoms with E-state index in [9.17, 15) is 14.3 Å². The molecule has 1 aromatic rings. The number of phenolic OH excluding ortho intramolecular Hbond substituents is 1. The third-order valence-corrected chi connectivity index (χ3v) is 2.57. The molecule has 0 heterocycles. The number of ether oxygens (including phenoxy) is 1. The van der Waals surface area contributed by atoms with Gasteiger partial charge < -0.3 is 15.6 Å². The van der Waals surface area contributed by atoms with Gasteiger partial charge in [0.05, 0.1) is 19.2 Å². The number of benzene rings is 1. The molecule has 3 N–H and O–H groups in total. The molecule has 6 heteroatoms. The fourth-order valence-electron chi connectivity index (χ4n) is 1.11. The van der Waals surface area contributed by atoms with Crippen LogP contribution in [0.25, 0.3) is 0 Å². The Hall–Kier alpha value is -1.14. The summed E-state index contributed by atoms with van der Waals surface area (Å²) < 4.78 is 18.0. The van der Waals surface area contributed by atoms with Gasteiger partial charge in [0, 0.05) is 0 Å². The number of methoxy groups -OCH3 is 1. The van der Waals surface area contributed by atoms with E-state index in [1.807, 2.05) is 0 Å². The van der Waals surface area contributed by atoms with Crippen LogP contribution in [0.5, 0.6) is 11.5 Å². The molecule has 0 saturated heterocycles. The van der Waals surface area contributed by atoms with Gasteiger partial charge in [-0.05, 0) is 22.0 Å². The summed E-state index contributed by atoms with van der Waals surface area (Å²) in [5.74, 6) is -1.89. The Bertz CT molecular complexity index is 409. The van der Waals surface area contributed by atoms with Gasteiger partial charge in [0.1, 0.15) is 10.2 Å². The smallest absolute Gasteiger partial charge is 0.180 e. The van der Waals surface area contributed by atoms with Gasteiger partial charge in [-0.25, -0.2) is 4.39 Å². The number of rotatable bonds is 3. The Kier molecular flexibility index (Phi) is 3.65. The lowest BCUT2D eigenvalue weighted by Crippen LogP contribution is -2.15. The van der Waals surface area contributed by atoms with Crippen LogP contribution in [-0.2, 0) is 0 Å². The van der Waals surface area contributed by atoms with Crippen molar-refractivity contribution in [2.45, 2.75) is 0 Å². The van der Waals surface area contributed by atoms with Crippen LogP contribution >= 0.6 is 15.9 Å². The van der Waals surface area contributed by atoms with Crippen LogP contribution in [-0.4, -0.2) is 24.5 Å². The van der Waals surface area contributed by atoms with Crippen molar-refractivity contribution in [2.24, 2.45) is 5.73 Å². The largest absolute Gasteiger partial charge is 0.504 e. The second-order valence-electron chi connectivity index (χ2n) is 2.73. The van der Waals surface area contributed by atoms with Crippen molar-refractivity contribution in [1.29, 1.82) is 0 Å². The standard InChI is InChI=1S/C9H9BrFNO3/c1-15-9-4(6(13)3-12)2-5(11)8(14)7(9)10/h2,14H,3,12H2,1H3. The monoisotopic (exact) mass is 277 g/mol. The lowest BCUT2D eigenvalue weighted by atomic mass is 10.1. The van der Waals surface area contributed by atoms with Crippen molar-refractivity contribution in [1.82, 2.24) is 0 Å². The van der Waals surface area contributed by atoms with Gasteiger partial charge in [-0.1, -0.05) is 0 Å². The molecule has 0 fully saturated rings. The topological polar surface area (TPSA) is 72.5 Å². The van der Waals surface area contributed by atoms with Crippen LogP contribution < -0.4 is 10.5 Å². The van der Waals surface area contributed by atoms with Gasteiger partial charge in [0.15, 0.2) is 17.3 Å². The minimum atomic E-state index is -0.903. The number of halogens is 2. The maximum Gasteiger partial charge on any atom is 0.180 e. The number of hydrogen-bond acceptors (Lipinski definition) is 4. The highest BCUT2D eigenvalue weighted by molar-refractivity contribution is 9.10. The van der Waals surface area contributed by atoms with Crippen molar-refractivity contribution in [3.8, 4) is 11.5 Å². The Morgan fingerprint density at radius 3 is 2.80 bits per heavy atom. The summed E-state index contributed by atoms with van der Waals surface area (Å²) in [6.45, 7) is -0.257. The second-order valence-corrected chi connectivity index (χ2v) is 3.52. The van der Waals surface area contributed by atoms with E-state index in [1.165, 1.54) is 7.11 Å². The maximum absolute atomic E-state index is 13.1. The molecule has 0 aliphatic carbocycles. The molecule has 82 valence electrons. The van der Waals surface area contributed by atoms with Crippen molar-refractivity contribution in [3.63, 3.8) is 0 Å². The molecule has 15 heavy (non-hydrogen) atoms. The van der Waals surface area contributed by atoms with E-state index < -0.39 is 17.3 Å². The van der Waals surface area contributed by atoms with Gasteiger partial charge in [-0.15, -0.1) is 0 Å². The molecule has 0 spiro atoms.